The number of allylic oxidation sites excluding steroid dienone is 2. The van der Waals surface area contributed by atoms with Crippen LogP contribution in [0.1, 0.15) is 427 Å². The summed E-state index contributed by atoms with van der Waals surface area (Å²) in [6, 6.07) is 0. The first-order valence-corrected chi connectivity index (χ1v) is 36.9. The largest absolute Gasteiger partial charge is 0.374 e. The van der Waals surface area contributed by atoms with E-state index in [0.717, 1.165) is 0 Å². The monoisotopic (exact) mass is 1080 g/mol. The van der Waals surface area contributed by atoms with E-state index in [9.17, 15) is 0 Å². The minimum Gasteiger partial charge on any atom is -0.374 e. The maximum atomic E-state index is 7.89. The summed E-state index contributed by atoms with van der Waals surface area (Å²) in [5.41, 5.74) is 0. The van der Waals surface area contributed by atoms with E-state index in [0.29, 0.717) is 35.9 Å². The molecule has 0 aromatic rings. The lowest BCUT2D eigenvalue weighted by molar-refractivity contribution is -0.0930. The van der Waals surface area contributed by atoms with E-state index in [4.69, 9.17) is 4.74 Å². The van der Waals surface area contributed by atoms with Crippen molar-refractivity contribution in [3.05, 3.63) is 25.3 Å². The highest BCUT2D eigenvalue weighted by Gasteiger charge is 2.33. The van der Waals surface area contributed by atoms with Crippen molar-refractivity contribution in [1.82, 2.24) is 0 Å². The van der Waals surface area contributed by atoms with Gasteiger partial charge in [0, 0.05) is 0 Å². The lowest BCUT2D eigenvalue weighted by atomic mass is 9.80. The van der Waals surface area contributed by atoms with Gasteiger partial charge in [0.25, 0.3) is 0 Å². The van der Waals surface area contributed by atoms with Crippen LogP contribution in [0.5, 0.6) is 0 Å². The first-order chi connectivity index (χ1) is 38.0. The maximum absolute atomic E-state index is 7.89. The first kappa shape index (κ1) is 76.4. The maximum Gasteiger partial charge on any atom is 0.0612 e. The molecule has 0 spiro atoms. The Morgan fingerprint density at radius 3 is 0.519 bits per heavy atom. The van der Waals surface area contributed by atoms with Crippen LogP contribution in [-0.2, 0) is 4.74 Å². The van der Waals surface area contributed by atoms with Gasteiger partial charge < -0.3 is 4.74 Å². The molecule has 0 aromatic heterocycles. The third-order valence-electron chi connectivity index (χ3n) is 18.9. The van der Waals surface area contributed by atoms with E-state index < -0.39 is 0 Å². The van der Waals surface area contributed by atoms with Crippen molar-refractivity contribution < 1.29 is 4.74 Å². The average molecular weight is 1080 g/mol. The molecular formula is C76H150O. The third-order valence-corrected chi connectivity index (χ3v) is 18.9. The van der Waals surface area contributed by atoms with Gasteiger partial charge in [-0.1, -0.05) is 413 Å². The van der Waals surface area contributed by atoms with Crippen molar-refractivity contribution in [3.8, 4) is 0 Å². The smallest absolute Gasteiger partial charge is 0.0612 e. The highest BCUT2D eigenvalue weighted by atomic mass is 16.5. The zero-order valence-corrected chi connectivity index (χ0v) is 54.9. The predicted octanol–water partition coefficient (Wildman–Crippen LogP) is 28.1. The summed E-state index contributed by atoms with van der Waals surface area (Å²) in [6.07, 6.45) is 90.2. The summed E-state index contributed by atoms with van der Waals surface area (Å²) < 4.78 is 7.89. The number of ether oxygens (including phenoxy) is 1. The highest BCUT2D eigenvalue weighted by molar-refractivity contribution is 4.90. The first-order valence-electron chi connectivity index (χ1n) is 36.9. The second-order valence-corrected chi connectivity index (χ2v) is 26.3. The van der Waals surface area contributed by atoms with Gasteiger partial charge in [-0.15, -0.1) is 13.2 Å². The van der Waals surface area contributed by atoms with Gasteiger partial charge in [-0.05, 0) is 49.4 Å². The van der Waals surface area contributed by atoms with Crippen LogP contribution >= 0.6 is 0 Å². The molecule has 0 aliphatic heterocycles. The van der Waals surface area contributed by atoms with Gasteiger partial charge >= 0.3 is 0 Å². The quantitative estimate of drug-likeness (QED) is 0.0436. The van der Waals surface area contributed by atoms with Crippen molar-refractivity contribution in [2.75, 3.05) is 0 Å². The molecule has 1 nitrogen and oxygen atoms in total. The van der Waals surface area contributed by atoms with Crippen LogP contribution in [0.4, 0.5) is 0 Å². The molecule has 0 aliphatic rings. The fourth-order valence-electron chi connectivity index (χ4n) is 13.1. The average Bonchev–Trinajstić information content (AvgIpc) is 3.44. The van der Waals surface area contributed by atoms with Gasteiger partial charge in [-0.2, -0.15) is 0 Å². The molecule has 77 heavy (non-hydrogen) atoms. The molecule has 6 unspecified atom stereocenters. The summed E-state index contributed by atoms with van der Waals surface area (Å²) in [5.74, 6) is 2.14. The van der Waals surface area contributed by atoms with Crippen molar-refractivity contribution >= 4 is 0 Å². The second-order valence-electron chi connectivity index (χ2n) is 26.3. The third kappa shape index (κ3) is 53.2. The number of hydrogen-bond donors (Lipinski definition) is 0. The summed E-state index contributed by atoms with van der Waals surface area (Å²) in [6.45, 7) is 23.2. The Morgan fingerprint density at radius 2 is 0.364 bits per heavy atom. The van der Waals surface area contributed by atoms with Gasteiger partial charge in [0.1, 0.15) is 0 Å². The Kier molecular flexibility index (Phi) is 64.1. The topological polar surface area (TPSA) is 9.23 Å². The number of rotatable bonds is 68. The molecule has 6 atom stereocenters. The van der Waals surface area contributed by atoms with Gasteiger partial charge in [0.05, 0.1) is 12.2 Å². The molecule has 0 aliphatic carbocycles. The number of hydrogen-bond acceptors (Lipinski definition) is 1. The zero-order valence-electron chi connectivity index (χ0n) is 54.9. The summed E-state index contributed by atoms with van der Waals surface area (Å²) in [4.78, 5) is 0. The van der Waals surface area contributed by atoms with Crippen LogP contribution in [0.2, 0.25) is 0 Å². The van der Waals surface area contributed by atoms with E-state index in [1.165, 1.54) is 385 Å². The molecule has 0 amide bonds. The van der Waals surface area contributed by atoms with E-state index in [2.05, 4.69) is 66.9 Å². The Labute approximate surface area is 490 Å². The normalized spacial score (nSPS) is 14.2. The second kappa shape index (κ2) is 64.6. The lowest BCUT2D eigenvalue weighted by Gasteiger charge is -2.38. The standard InChI is InChI=1S/C76H150O/c1-9-15-19-23-27-31-35-39-41-45-49-53-57-61-65-69-75(73(71(7)13-5)67-63-59-55-51-47-43-37-33-29-25-21-17-11-3)77-76(70-66-62-58-54-50-46-42-40-36-32-28-24-20-16-10-2)74(72(8)14-6)68-64-60-56-52-48-44-38-34-30-26-22-18-12-4/h13-14,71-76H,5-6,9-12,15-70H2,1-4,7-8H3. The molecule has 0 saturated heterocycles. The highest BCUT2D eigenvalue weighted by Crippen LogP contribution is 2.36. The van der Waals surface area contributed by atoms with Gasteiger partial charge in [-0.3, -0.25) is 0 Å². The molecular weight excluding hydrogens is 929 g/mol. The Hall–Kier alpha value is -0.560. The summed E-state index contributed by atoms with van der Waals surface area (Å²) >= 11 is 0. The van der Waals surface area contributed by atoms with Crippen LogP contribution in [0.15, 0.2) is 25.3 Å². The van der Waals surface area contributed by atoms with E-state index >= 15 is 0 Å². The van der Waals surface area contributed by atoms with Crippen molar-refractivity contribution in [2.24, 2.45) is 23.7 Å². The Morgan fingerprint density at radius 1 is 0.221 bits per heavy atom. The fourth-order valence-corrected chi connectivity index (χ4v) is 13.1. The van der Waals surface area contributed by atoms with E-state index in [-0.39, 0.29) is 0 Å². The van der Waals surface area contributed by atoms with Crippen molar-refractivity contribution in [2.45, 2.75) is 439 Å². The Bertz CT molecular complexity index is 1010. The summed E-state index contributed by atoms with van der Waals surface area (Å²) in [7, 11) is 0. The molecule has 460 valence electrons. The van der Waals surface area contributed by atoms with Crippen LogP contribution in [0, 0.1) is 23.7 Å². The fraction of sp³-hybridized carbons (Fsp3) is 0.947. The molecule has 0 fully saturated rings. The van der Waals surface area contributed by atoms with Gasteiger partial charge in [0.2, 0.25) is 0 Å². The van der Waals surface area contributed by atoms with Crippen LogP contribution in [0.3, 0.4) is 0 Å². The van der Waals surface area contributed by atoms with Crippen LogP contribution in [-0.4, -0.2) is 12.2 Å². The molecule has 0 aromatic carbocycles. The predicted molar refractivity (Wildman–Crippen MR) is 354 cm³/mol. The van der Waals surface area contributed by atoms with Crippen LogP contribution in [0.25, 0.3) is 0 Å². The van der Waals surface area contributed by atoms with E-state index in [1.807, 2.05) is 0 Å². The molecule has 0 saturated carbocycles. The minimum absolute atomic E-state index is 0.342. The SMILES string of the molecule is C=CC(C)C(CCCCCCCCCCCCCCC)C(CCCCCCCCCCCCCCCCC)OC(CCCCCCCCCCCCCCCCC)C(CCCCCCCCCCCCCCC)C(C)C=C. The molecule has 0 radical (unpaired) electrons. The van der Waals surface area contributed by atoms with E-state index in [1.54, 1.807) is 0 Å². The molecule has 1 heteroatoms. The van der Waals surface area contributed by atoms with Crippen molar-refractivity contribution in [3.63, 3.8) is 0 Å². The lowest BCUT2D eigenvalue weighted by Crippen LogP contribution is -2.37. The van der Waals surface area contributed by atoms with Gasteiger partial charge in [0.15, 0.2) is 0 Å². The molecule has 0 N–H and O–H groups in total. The molecule has 0 bridgehead atoms. The van der Waals surface area contributed by atoms with Crippen LogP contribution < -0.4 is 0 Å². The number of unbranched alkanes of at least 4 members (excludes halogenated alkanes) is 52. The van der Waals surface area contributed by atoms with Gasteiger partial charge in [-0.25, -0.2) is 0 Å². The minimum atomic E-state index is 0.342. The Balaban J connectivity index is 5.76. The van der Waals surface area contributed by atoms with Crippen molar-refractivity contribution in [1.29, 1.82) is 0 Å². The molecule has 0 heterocycles. The summed E-state index contributed by atoms with van der Waals surface area (Å²) in [5, 5.41) is 0. The zero-order chi connectivity index (χ0) is 56.0. The molecule has 0 rings (SSSR count).